The smallest absolute Gasteiger partial charge is 0.226 e. The van der Waals surface area contributed by atoms with Crippen molar-refractivity contribution in [2.24, 2.45) is 0 Å². The van der Waals surface area contributed by atoms with E-state index in [0.717, 1.165) is 26.9 Å². The number of nitrogens with one attached hydrogen (secondary N) is 1. The van der Waals surface area contributed by atoms with Crippen molar-refractivity contribution in [3.63, 3.8) is 0 Å². The van der Waals surface area contributed by atoms with Crippen LogP contribution in [0.25, 0.3) is 0 Å². The van der Waals surface area contributed by atoms with Crippen LogP contribution in [-0.4, -0.2) is 18.0 Å². The van der Waals surface area contributed by atoms with Crippen LogP contribution in [0.5, 0.6) is 5.75 Å². The second-order valence-electron chi connectivity index (χ2n) is 5.93. The van der Waals surface area contributed by atoms with Gasteiger partial charge in [-0.2, -0.15) is 0 Å². The zero-order chi connectivity index (χ0) is 19.9. The molecular weight excluding hydrogens is 435 g/mol. The lowest BCUT2D eigenvalue weighted by Crippen LogP contribution is -2.24. The summed E-state index contributed by atoms with van der Waals surface area (Å²) in [6, 6.07) is 13.1. The fourth-order valence-electron chi connectivity index (χ4n) is 2.39. The summed E-state index contributed by atoms with van der Waals surface area (Å²) in [6.45, 7) is 0.476. The van der Waals surface area contributed by atoms with Gasteiger partial charge in [0.25, 0.3) is 0 Å². The van der Waals surface area contributed by atoms with Crippen molar-refractivity contribution in [2.45, 2.75) is 23.1 Å². The molecule has 0 saturated heterocycles. The van der Waals surface area contributed by atoms with Crippen LogP contribution in [0.15, 0.2) is 52.2 Å². The highest BCUT2D eigenvalue weighted by Gasteiger charge is 2.09. The number of hydrogen-bond acceptors (Lipinski definition) is 5. The normalized spacial score (nSPS) is 10.7. The highest BCUT2D eigenvalue weighted by Crippen LogP contribution is 2.30. The third kappa shape index (κ3) is 6.14. The summed E-state index contributed by atoms with van der Waals surface area (Å²) in [4.78, 5) is 16.7. The van der Waals surface area contributed by atoms with Crippen molar-refractivity contribution in [3.05, 3.63) is 74.7 Å². The highest BCUT2D eigenvalue weighted by atomic mass is 35.5. The fraction of sp³-hybridized carbons (Fsp3) is 0.200. The van der Waals surface area contributed by atoms with Gasteiger partial charge in [-0.3, -0.25) is 4.79 Å². The molecule has 2 aromatic carbocycles. The lowest BCUT2D eigenvalue weighted by atomic mass is 10.2. The topological polar surface area (TPSA) is 51.2 Å². The Labute approximate surface area is 182 Å². The van der Waals surface area contributed by atoms with E-state index in [1.54, 1.807) is 24.9 Å². The quantitative estimate of drug-likeness (QED) is 0.451. The third-order valence-corrected chi connectivity index (χ3v) is 6.59. The Morgan fingerprint density at radius 3 is 2.71 bits per heavy atom. The van der Waals surface area contributed by atoms with Crippen molar-refractivity contribution in [1.29, 1.82) is 0 Å². The Bertz CT molecular complexity index is 946. The lowest BCUT2D eigenvalue weighted by molar-refractivity contribution is -0.120. The SMILES string of the molecule is COc1ccc(CNC(=O)Cc2csc(SCc3ccc(Cl)cc3Cl)n2)cc1. The number of halogens is 2. The van der Waals surface area contributed by atoms with E-state index in [0.29, 0.717) is 22.3 Å². The molecule has 146 valence electrons. The van der Waals surface area contributed by atoms with Crippen LogP contribution in [0.3, 0.4) is 0 Å². The van der Waals surface area contributed by atoms with Gasteiger partial charge >= 0.3 is 0 Å². The van der Waals surface area contributed by atoms with Gasteiger partial charge < -0.3 is 10.1 Å². The minimum absolute atomic E-state index is 0.0570. The van der Waals surface area contributed by atoms with Crippen molar-refractivity contribution in [3.8, 4) is 5.75 Å². The van der Waals surface area contributed by atoms with Gasteiger partial charge in [0, 0.05) is 27.7 Å². The summed E-state index contributed by atoms with van der Waals surface area (Å²) in [6.07, 6.45) is 0.259. The van der Waals surface area contributed by atoms with Crippen LogP contribution in [0, 0.1) is 0 Å². The second-order valence-corrected chi connectivity index (χ2v) is 8.85. The summed E-state index contributed by atoms with van der Waals surface area (Å²) < 4.78 is 6.03. The van der Waals surface area contributed by atoms with Gasteiger partial charge in [-0.1, -0.05) is 53.2 Å². The molecule has 1 aromatic heterocycles. The first-order chi connectivity index (χ1) is 13.5. The first-order valence-corrected chi connectivity index (χ1v) is 11.1. The number of aromatic nitrogens is 1. The summed E-state index contributed by atoms with van der Waals surface area (Å²) >= 11 is 15.2. The largest absolute Gasteiger partial charge is 0.497 e. The number of thioether (sulfide) groups is 1. The molecule has 0 unspecified atom stereocenters. The Morgan fingerprint density at radius 2 is 2.00 bits per heavy atom. The van der Waals surface area contributed by atoms with E-state index in [9.17, 15) is 4.79 Å². The predicted octanol–water partition coefficient (Wildman–Crippen LogP) is 5.61. The van der Waals surface area contributed by atoms with E-state index < -0.39 is 0 Å². The molecule has 8 heteroatoms. The number of rotatable bonds is 8. The Morgan fingerprint density at radius 1 is 1.21 bits per heavy atom. The fourth-order valence-corrected chi connectivity index (χ4v) is 4.79. The van der Waals surface area contributed by atoms with Crippen molar-refractivity contribution < 1.29 is 9.53 Å². The molecule has 0 aliphatic carbocycles. The number of ether oxygens (including phenoxy) is 1. The zero-order valence-corrected chi connectivity index (χ0v) is 18.2. The molecule has 28 heavy (non-hydrogen) atoms. The molecule has 0 bridgehead atoms. The molecule has 1 amide bonds. The minimum atomic E-state index is -0.0570. The average molecular weight is 453 g/mol. The average Bonchev–Trinajstić information content (AvgIpc) is 3.13. The summed E-state index contributed by atoms with van der Waals surface area (Å²) in [5.41, 5.74) is 2.79. The molecule has 0 fully saturated rings. The molecule has 0 atom stereocenters. The van der Waals surface area contributed by atoms with E-state index in [1.165, 1.54) is 11.3 Å². The maximum atomic E-state index is 12.2. The lowest BCUT2D eigenvalue weighted by Gasteiger charge is -2.05. The van der Waals surface area contributed by atoms with E-state index >= 15 is 0 Å². The summed E-state index contributed by atoms with van der Waals surface area (Å²) in [5.74, 6) is 1.44. The first kappa shape index (κ1) is 21.0. The number of benzene rings is 2. The Balaban J connectivity index is 1.47. The molecule has 1 N–H and O–H groups in total. The first-order valence-electron chi connectivity index (χ1n) is 8.44. The van der Waals surface area contributed by atoms with E-state index in [1.807, 2.05) is 41.8 Å². The molecule has 3 aromatic rings. The maximum Gasteiger partial charge on any atom is 0.226 e. The van der Waals surface area contributed by atoms with Gasteiger partial charge in [0.05, 0.1) is 19.2 Å². The summed E-state index contributed by atoms with van der Waals surface area (Å²) in [7, 11) is 1.63. The number of amides is 1. The third-order valence-electron chi connectivity index (χ3n) is 3.89. The van der Waals surface area contributed by atoms with Crippen LogP contribution in [0.4, 0.5) is 0 Å². The molecule has 0 radical (unpaired) electrons. The van der Waals surface area contributed by atoms with Gasteiger partial charge in [0.2, 0.25) is 5.91 Å². The van der Waals surface area contributed by atoms with E-state index in [-0.39, 0.29) is 12.3 Å². The van der Waals surface area contributed by atoms with Crippen molar-refractivity contribution >= 4 is 52.2 Å². The molecule has 0 spiro atoms. The Hall–Kier alpha value is -1.73. The van der Waals surface area contributed by atoms with Crippen LogP contribution >= 0.6 is 46.3 Å². The van der Waals surface area contributed by atoms with Gasteiger partial charge in [-0.25, -0.2) is 4.98 Å². The number of carbonyl (C=O) groups is 1. The Kier molecular flexibility index (Phi) is 7.62. The standard InChI is InChI=1S/C20H18Cl2N2O2S2/c1-26-17-6-2-13(3-7-17)10-23-19(25)9-16-12-28-20(24-16)27-11-14-4-5-15(21)8-18(14)22/h2-8,12H,9-11H2,1H3,(H,23,25). The summed E-state index contributed by atoms with van der Waals surface area (Å²) in [5, 5.41) is 6.10. The molecule has 4 nitrogen and oxygen atoms in total. The number of hydrogen-bond donors (Lipinski definition) is 1. The van der Waals surface area contributed by atoms with Crippen LogP contribution in [0.2, 0.25) is 10.0 Å². The number of nitrogens with zero attached hydrogens (tertiary/aromatic N) is 1. The maximum absolute atomic E-state index is 12.2. The monoisotopic (exact) mass is 452 g/mol. The number of carbonyl (C=O) groups excluding carboxylic acids is 1. The zero-order valence-electron chi connectivity index (χ0n) is 15.1. The molecule has 0 aliphatic heterocycles. The molecule has 3 rings (SSSR count). The van der Waals surface area contributed by atoms with Gasteiger partial charge in [0.15, 0.2) is 0 Å². The molecule has 0 aliphatic rings. The van der Waals surface area contributed by atoms with Crippen LogP contribution in [-0.2, 0) is 23.5 Å². The van der Waals surface area contributed by atoms with Crippen molar-refractivity contribution in [2.75, 3.05) is 7.11 Å². The number of methoxy groups -OCH3 is 1. The van der Waals surface area contributed by atoms with E-state index in [2.05, 4.69) is 10.3 Å². The van der Waals surface area contributed by atoms with Crippen LogP contribution in [0.1, 0.15) is 16.8 Å². The van der Waals surface area contributed by atoms with Gasteiger partial charge in [-0.15, -0.1) is 11.3 Å². The van der Waals surface area contributed by atoms with Crippen molar-refractivity contribution in [1.82, 2.24) is 10.3 Å². The van der Waals surface area contributed by atoms with E-state index in [4.69, 9.17) is 27.9 Å². The minimum Gasteiger partial charge on any atom is -0.497 e. The number of thiazole rings is 1. The molecule has 0 saturated carbocycles. The van der Waals surface area contributed by atoms with Crippen LogP contribution < -0.4 is 10.1 Å². The van der Waals surface area contributed by atoms with Gasteiger partial charge in [0.1, 0.15) is 10.1 Å². The van der Waals surface area contributed by atoms with Gasteiger partial charge in [-0.05, 0) is 35.4 Å². The predicted molar refractivity (Wildman–Crippen MR) is 117 cm³/mol. The highest BCUT2D eigenvalue weighted by molar-refractivity contribution is 8.00. The molecular formula is C20H18Cl2N2O2S2. The molecule has 1 heterocycles. The second kappa shape index (κ2) is 10.2.